The molecule has 2 heterocycles. The van der Waals surface area contributed by atoms with Crippen LogP contribution in [0.25, 0.3) is 22.0 Å². The van der Waals surface area contributed by atoms with E-state index in [0.717, 1.165) is 22.2 Å². The first-order valence-corrected chi connectivity index (χ1v) is 11.7. The van der Waals surface area contributed by atoms with Gasteiger partial charge in [0.1, 0.15) is 10.7 Å². The Kier molecular flexibility index (Phi) is 5.72. The van der Waals surface area contributed by atoms with Crippen molar-refractivity contribution in [3.63, 3.8) is 0 Å². The number of halogens is 1. The number of nitrogens with zero attached hydrogens (tertiary/aromatic N) is 3. The Balaban J connectivity index is 1.94. The van der Waals surface area contributed by atoms with Crippen molar-refractivity contribution in [2.45, 2.75) is 37.1 Å². The molecule has 2 N–H and O–H groups in total. The van der Waals surface area contributed by atoms with Gasteiger partial charge in [0, 0.05) is 60.8 Å². The van der Waals surface area contributed by atoms with E-state index in [1.807, 2.05) is 17.6 Å². The molecule has 0 radical (unpaired) electrons. The fourth-order valence-electron chi connectivity index (χ4n) is 3.99. The molecule has 0 bridgehead atoms. The first-order valence-electron chi connectivity index (χ1n) is 10.3. The summed E-state index contributed by atoms with van der Waals surface area (Å²) in [5, 5.41) is 0.976. The number of rotatable bonds is 7. The zero-order valence-corrected chi connectivity index (χ0v) is 18.8. The van der Waals surface area contributed by atoms with E-state index in [2.05, 4.69) is 17.1 Å². The molecule has 0 aliphatic heterocycles. The SMILES string of the molecule is Cc1c(-c2cncc(S(=O)(=O)N(C)C)c2)c2cc(C3CC3)ccc2n1C/C(F)=C/CN. The number of allylic oxidation sites excluding steroid dienone is 1. The van der Waals surface area contributed by atoms with E-state index in [1.54, 1.807) is 12.3 Å². The normalized spacial score (nSPS) is 15.2. The third-order valence-electron chi connectivity index (χ3n) is 5.83. The van der Waals surface area contributed by atoms with Gasteiger partial charge in [0.25, 0.3) is 0 Å². The van der Waals surface area contributed by atoms with Gasteiger partial charge in [-0.15, -0.1) is 0 Å². The molecule has 8 heteroatoms. The van der Waals surface area contributed by atoms with Gasteiger partial charge in [-0.05, 0) is 55.5 Å². The van der Waals surface area contributed by atoms with Crippen LogP contribution in [-0.4, -0.2) is 42.9 Å². The van der Waals surface area contributed by atoms with Gasteiger partial charge in [-0.3, -0.25) is 4.98 Å². The van der Waals surface area contributed by atoms with Crippen molar-refractivity contribution in [1.29, 1.82) is 0 Å². The highest BCUT2D eigenvalue weighted by molar-refractivity contribution is 7.89. The van der Waals surface area contributed by atoms with Crippen molar-refractivity contribution in [2.24, 2.45) is 5.73 Å². The maximum atomic E-state index is 14.4. The minimum Gasteiger partial charge on any atom is -0.337 e. The predicted molar refractivity (Wildman–Crippen MR) is 121 cm³/mol. The maximum absolute atomic E-state index is 14.4. The summed E-state index contributed by atoms with van der Waals surface area (Å²) in [5.41, 5.74) is 10.1. The molecule has 1 aromatic carbocycles. The van der Waals surface area contributed by atoms with Crippen LogP contribution < -0.4 is 5.73 Å². The van der Waals surface area contributed by atoms with Crippen molar-refractivity contribution >= 4 is 20.9 Å². The van der Waals surface area contributed by atoms with Gasteiger partial charge in [0.15, 0.2) is 0 Å². The van der Waals surface area contributed by atoms with Gasteiger partial charge in [0.2, 0.25) is 10.0 Å². The van der Waals surface area contributed by atoms with Gasteiger partial charge >= 0.3 is 0 Å². The van der Waals surface area contributed by atoms with Gasteiger partial charge in [0.05, 0.1) is 6.54 Å². The Labute approximate surface area is 182 Å². The number of hydrogen-bond donors (Lipinski definition) is 1. The molecule has 31 heavy (non-hydrogen) atoms. The second-order valence-corrected chi connectivity index (χ2v) is 10.3. The van der Waals surface area contributed by atoms with Crippen LogP contribution in [0.1, 0.15) is 30.0 Å². The number of nitrogens with two attached hydrogens (primary N) is 1. The summed E-state index contributed by atoms with van der Waals surface area (Å²) < 4.78 is 42.8. The van der Waals surface area contributed by atoms with Crippen LogP contribution >= 0.6 is 0 Å². The number of aromatic nitrogens is 2. The number of pyridine rings is 1. The molecular formula is C23H27FN4O2S. The highest BCUT2D eigenvalue weighted by Crippen LogP contribution is 2.43. The summed E-state index contributed by atoms with van der Waals surface area (Å²) in [7, 11) is -0.636. The summed E-state index contributed by atoms with van der Waals surface area (Å²) >= 11 is 0. The second kappa shape index (κ2) is 8.18. The van der Waals surface area contributed by atoms with Crippen LogP contribution in [0.4, 0.5) is 4.39 Å². The van der Waals surface area contributed by atoms with Crippen molar-refractivity contribution in [3.05, 3.63) is 59.8 Å². The molecule has 1 saturated carbocycles. The van der Waals surface area contributed by atoms with Crippen LogP contribution in [0.3, 0.4) is 0 Å². The minimum absolute atomic E-state index is 0.0748. The molecule has 1 fully saturated rings. The van der Waals surface area contributed by atoms with Gasteiger partial charge in [-0.25, -0.2) is 17.1 Å². The van der Waals surface area contributed by atoms with Crippen LogP contribution in [0, 0.1) is 6.92 Å². The summed E-state index contributed by atoms with van der Waals surface area (Å²) in [5.74, 6) is 0.260. The Morgan fingerprint density at radius 1 is 1.29 bits per heavy atom. The van der Waals surface area contributed by atoms with Crippen LogP contribution in [0.5, 0.6) is 0 Å². The number of fused-ring (bicyclic) bond motifs is 1. The highest BCUT2D eigenvalue weighted by atomic mass is 32.2. The van der Waals surface area contributed by atoms with E-state index < -0.39 is 10.0 Å². The first kappa shape index (κ1) is 21.7. The molecule has 0 atom stereocenters. The van der Waals surface area contributed by atoms with Gasteiger partial charge < -0.3 is 10.3 Å². The fraction of sp³-hybridized carbons (Fsp3) is 0.348. The zero-order valence-electron chi connectivity index (χ0n) is 18.0. The highest BCUT2D eigenvalue weighted by Gasteiger charge is 2.26. The van der Waals surface area contributed by atoms with Crippen molar-refractivity contribution in [2.75, 3.05) is 20.6 Å². The third kappa shape index (κ3) is 4.03. The largest absolute Gasteiger partial charge is 0.337 e. The van der Waals surface area contributed by atoms with Crippen LogP contribution in [0.2, 0.25) is 0 Å². The second-order valence-electron chi connectivity index (χ2n) is 8.18. The molecular weight excluding hydrogens is 415 g/mol. The molecule has 2 aromatic heterocycles. The fourth-order valence-corrected chi connectivity index (χ4v) is 4.88. The number of benzene rings is 1. The topological polar surface area (TPSA) is 81.2 Å². The van der Waals surface area contributed by atoms with Gasteiger partial charge in [-0.1, -0.05) is 6.07 Å². The predicted octanol–water partition coefficient (Wildman–Crippen LogP) is 3.95. The minimum atomic E-state index is -3.62. The van der Waals surface area contributed by atoms with E-state index in [4.69, 9.17) is 5.73 Å². The molecule has 0 saturated heterocycles. The summed E-state index contributed by atoms with van der Waals surface area (Å²) in [6.07, 6.45) is 6.73. The molecule has 164 valence electrons. The first-order chi connectivity index (χ1) is 14.7. The average Bonchev–Trinajstić information content (AvgIpc) is 3.54. The summed E-state index contributed by atoms with van der Waals surface area (Å²) in [4.78, 5) is 4.34. The van der Waals surface area contributed by atoms with Crippen LogP contribution in [-0.2, 0) is 16.6 Å². The molecule has 0 unspecified atom stereocenters. The van der Waals surface area contributed by atoms with E-state index in [9.17, 15) is 12.8 Å². The van der Waals surface area contributed by atoms with E-state index in [-0.39, 0.29) is 23.8 Å². The molecule has 0 amide bonds. The lowest BCUT2D eigenvalue weighted by Gasteiger charge is -2.12. The zero-order chi connectivity index (χ0) is 22.3. The Hall–Kier alpha value is -2.55. The van der Waals surface area contributed by atoms with Crippen molar-refractivity contribution < 1.29 is 12.8 Å². The van der Waals surface area contributed by atoms with E-state index >= 15 is 0 Å². The molecule has 1 aliphatic carbocycles. The molecule has 1 aliphatic rings. The Bertz CT molecular complexity index is 1270. The summed E-state index contributed by atoms with van der Waals surface area (Å²) in [6, 6.07) is 7.94. The standard InChI is InChI=1S/C23H27FN4O2S/c1-15-23(18-10-20(13-26-12-18)31(29,30)27(2)3)21-11-17(16-4-5-16)6-7-22(21)28(15)14-19(24)8-9-25/h6-8,10-13,16H,4-5,9,14,25H2,1-3H3/b19-8-. The van der Waals surface area contributed by atoms with Crippen LogP contribution in [0.15, 0.2) is 53.5 Å². The van der Waals surface area contributed by atoms with Crippen molar-refractivity contribution in [1.82, 2.24) is 13.9 Å². The maximum Gasteiger partial charge on any atom is 0.244 e. The third-order valence-corrected chi connectivity index (χ3v) is 7.61. The number of hydrogen-bond acceptors (Lipinski definition) is 4. The van der Waals surface area contributed by atoms with E-state index in [0.29, 0.717) is 11.5 Å². The molecule has 3 aromatic rings. The quantitative estimate of drug-likeness (QED) is 0.601. The van der Waals surface area contributed by atoms with Crippen molar-refractivity contribution in [3.8, 4) is 11.1 Å². The molecule has 0 spiro atoms. The molecule has 4 rings (SSSR count). The Morgan fingerprint density at radius 2 is 2.03 bits per heavy atom. The smallest absolute Gasteiger partial charge is 0.244 e. The average molecular weight is 443 g/mol. The lowest BCUT2D eigenvalue weighted by atomic mass is 10.0. The lowest BCUT2D eigenvalue weighted by Crippen LogP contribution is -2.22. The monoisotopic (exact) mass is 442 g/mol. The molecule has 6 nitrogen and oxygen atoms in total. The van der Waals surface area contributed by atoms with E-state index in [1.165, 1.54) is 49.1 Å². The Morgan fingerprint density at radius 3 is 2.68 bits per heavy atom. The summed E-state index contributed by atoms with van der Waals surface area (Å²) in [6.45, 7) is 2.14. The van der Waals surface area contributed by atoms with Gasteiger partial charge in [-0.2, -0.15) is 0 Å². The number of sulfonamides is 1. The lowest BCUT2D eigenvalue weighted by molar-refractivity contribution is 0.520.